The minimum atomic E-state index is -3.74. The summed E-state index contributed by atoms with van der Waals surface area (Å²) in [5.74, 6) is -0.682. The summed E-state index contributed by atoms with van der Waals surface area (Å²) in [7, 11) is -3.74. The lowest BCUT2D eigenvalue weighted by Gasteiger charge is -2.18. The van der Waals surface area contributed by atoms with Gasteiger partial charge in [0, 0.05) is 14.9 Å². The van der Waals surface area contributed by atoms with Gasteiger partial charge in [-0.1, -0.05) is 60.7 Å². The summed E-state index contributed by atoms with van der Waals surface area (Å²) >= 11 is 2.16. The quantitative estimate of drug-likeness (QED) is 0.274. The summed E-state index contributed by atoms with van der Waals surface area (Å²) < 4.78 is 29.0. The highest BCUT2D eigenvalue weighted by Gasteiger charge is 2.23. The van der Waals surface area contributed by atoms with E-state index >= 15 is 0 Å². The molecule has 0 radical (unpaired) electrons. The molecule has 4 rings (SSSR count). The lowest BCUT2D eigenvalue weighted by Crippen LogP contribution is -2.22. The highest BCUT2D eigenvalue weighted by Crippen LogP contribution is 2.27. The van der Waals surface area contributed by atoms with Crippen molar-refractivity contribution in [1.29, 1.82) is 0 Å². The molecule has 1 amide bonds. The standard InChI is InChI=1S/C26H21IN2O3S/c27-21-11-13-23(14-12-21)29-33(31,32)24-17-15-22(16-18-24)28-26(30)25(19-7-3-1-4-8-19)20-9-5-2-6-10-20/h1-18,25,29H,(H,28,30). The number of carbonyl (C=O) groups excluding carboxylic acids is 1. The molecule has 0 saturated carbocycles. The van der Waals surface area contributed by atoms with Crippen LogP contribution in [0.1, 0.15) is 17.0 Å². The van der Waals surface area contributed by atoms with E-state index in [-0.39, 0.29) is 10.8 Å². The zero-order valence-corrected chi connectivity index (χ0v) is 20.5. The molecule has 4 aromatic carbocycles. The molecular weight excluding hydrogens is 547 g/mol. The number of amides is 1. The zero-order chi connectivity index (χ0) is 23.3. The summed E-state index contributed by atoms with van der Waals surface area (Å²) in [6, 6.07) is 32.3. The predicted molar refractivity (Wildman–Crippen MR) is 140 cm³/mol. The molecule has 33 heavy (non-hydrogen) atoms. The number of carbonyl (C=O) groups is 1. The number of hydrogen-bond donors (Lipinski definition) is 2. The van der Waals surface area contributed by atoms with Crippen LogP contribution in [0.25, 0.3) is 0 Å². The van der Waals surface area contributed by atoms with Crippen LogP contribution in [-0.4, -0.2) is 14.3 Å². The number of sulfonamides is 1. The first kappa shape index (κ1) is 23.0. The van der Waals surface area contributed by atoms with Gasteiger partial charge in [-0.25, -0.2) is 8.42 Å². The van der Waals surface area contributed by atoms with Gasteiger partial charge in [0.05, 0.1) is 10.8 Å². The lowest BCUT2D eigenvalue weighted by molar-refractivity contribution is -0.116. The normalized spacial score (nSPS) is 11.2. The summed E-state index contributed by atoms with van der Waals surface area (Å²) in [4.78, 5) is 13.3. The van der Waals surface area contributed by atoms with E-state index in [1.807, 2.05) is 72.8 Å². The van der Waals surface area contributed by atoms with Crippen LogP contribution in [0, 0.1) is 3.57 Å². The van der Waals surface area contributed by atoms with Crippen LogP contribution in [0.2, 0.25) is 0 Å². The van der Waals surface area contributed by atoms with E-state index in [0.717, 1.165) is 14.7 Å². The summed E-state index contributed by atoms with van der Waals surface area (Å²) in [5.41, 5.74) is 2.76. The molecule has 5 nitrogen and oxygen atoms in total. The third-order valence-corrected chi connectivity index (χ3v) is 7.17. The van der Waals surface area contributed by atoms with Gasteiger partial charge in [-0.3, -0.25) is 9.52 Å². The molecule has 0 bridgehead atoms. The van der Waals surface area contributed by atoms with Crippen molar-refractivity contribution < 1.29 is 13.2 Å². The molecule has 4 aromatic rings. The molecule has 166 valence electrons. The molecule has 0 atom stereocenters. The van der Waals surface area contributed by atoms with Crippen molar-refractivity contribution in [2.45, 2.75) is 10.8 Å². The second-order valence-electron chi connectivity index (χ2n) is 7.38. The smallest absolute Gasteiger partial charge is 0.261 e. The first-order valence-corrected chi connectivity index (χ1v) is 12.8. The van der Waals surface area contributed by atoms with E-state index in [1.165, 1.54) is 12.1 Å². The van der Waals surface area contributed by atoms with Gasteiger partial charge in [-0.15, -0.1) is 0 Å². The first-order valence-electron chi connectivity index (χ1n) is 10.2. The Morgan fingerprint density at radius 1 is 0.667 bits per heavy atom. The molecule has 0 aliphatic heterocycles. The van der Waals surface area contributed by atoms with Gasteiger partial charge in [-0.2, -0.15) is 0 Å². The van der Waals surface area contributed by atoms with Gasteiger partial charge in [0.15, 0.2) is 0 Å². The molecule has 2 N–H and O–H groups in total. The van der Waals surface area contributed by atoms with Crippen molar-refractivity contribution in [1.82, 2.24) is 0 Å². The molecule has 0 unspecified atom stereocenters. The van der Waals surface area contributed by atoms with Gasteiger partial charge in [0.2, 0.25) is 5.91 Å². The van der Waals surface area contributed by atoms with Crippen LogP contribution < -0.4 is 10.0 Å². The van der Waals surface area contributed by atoms with Gasteiger partial charge in [0.1, 0.15) is 0 Å². The topological polar surface area (TPSA) is 75.3 Å². The first-order chi connectivity index (χ1) is 15.9. The van der Waals surface area contributed by atoms with Crippen LogP contribution in [0.4, 0.5) is 11.4 Å². The Bertz CT molecular complexity index is 1290. The Labute approximate surface area is 207 Å². The highest BCUT2D eigenvalue weighted by atomic mass is 127. The second-order valence-corrected chi connectivity index (χ2v) is 10.3. The number of rotatable bonds is 7. The molecule has 0 aliphatic rings. The fourth-order valence-corrected chi connectivity index (χ4v) is 4.87. The Hall–Kier alpha value is -3.17. The average molecular weight is 568 g/mol. The largest absolute Gasteiger partial charge is 0.325 e. The van der Waals surface area contributed by atoms with Crippen LogP contribution in [-0.2, 0) is 14.8 Å². The number of nitrogens with one attached hydrogen (secondary N) is 2. The Kier molecular flexibility index (Phi) is 7.10. The molecule has 0 fully saturated rings. The average Bonchev–Trinajstić information content (AvgIpc) is 2.82. The van der Waals surface area contributed by atoms with Crippen molar-refractivity contribution in [3.63, 3.8) is 0 Å². The summed E-state index contributed by atoms with van der Waals surface area (Å²) in [5, 5.41) is 2.92. The van der Waals surface area contributed by atoms with Crippen LogP contribution in [0.3, 0.4) is 0 Å². The van der Waals surface area contributed by atoms with E-state index in [2.05, 4.69) is 32.6 Å². The maximum atomic E-state index is 13.2. The van der Waals surface area contributed by atoms with Crippen molar-refractivity contribution in [3.8, 4) is 0 Å². The van der Waals surface area contributed by atoms with E-state index in [9.17, 15) is 13.2 Å². The maximum absolute atomic E-state index is 13.2. The number of anilines is 2. The second kappa shape index (κ2) is 10.2. The van der Waals surface area contributed by atoms with Crippen LogP contribution in [0.15, 0.2) is 114 Å². The van der Waals surface area contributed by atoms with Crippen molar-refractivity contribution in [2.75, 3.05) is 10.0 Å². The summed E-state index contributed by atoms with van der Waals surface area (Å²) in [6.07, 6.45) is 0. The van der Waals surface area contributed by atoms with Gasteiger partial charge >= 0.3 is 0 Å². The molecule has 7 heteroatoms. The minimum Gasteiger partial charge on any atom is -0.325 e. The number of benzene rings is 4. The molecule has 0 heterocycles. The molecule has 0 aromatic heterocycles. The van der Waals surface area contributed by atoms with E-state index in [0.29, 0.717) is 11.4 Å². The molecule has 0 spiro atoms. The third kappa shape index (κ3) is 5.80. The minimum absolute atomic E-state index is 0.113. The fourth-order valence-electron chi connectivity index (χ4n) is 3.45. The Morgan fingerprint density at radius 2 is 1.15 bits per heavy atom. The van der Waals surface area contributed by atoms with E-state index in [4.69, 9.17) is 0 Å². The Morgan fingerprint density at radius 3 is 1.67 bits per heavy atom. The van der Waals surface area contributed by atoms with Gasteiger partial charge < -0.3 is 5.32 Å². The van der Waals surface area contributed by atoms with Crippen molar-refractivity contribution in [2.24, 2.45) is 0 Å². The molecule has 0 aliphatic carbocycles. The third-order valence-electron chi connectivity index (χ3n) is 5.06. The fraction of sp³-hybridized carbons (Fsp3) is 0.0385. The molecular formula is C26H21IN2O3S. The van der Waals surface area contributed by atoms with Crippen molar-refractivity contribution in [3.05, 3.63) is 124 Å². The van der Waals surface area contributed by atoms with E-state index in [1.54, 1.807) is 24.3 Å². The maximum Gasteiger partial charge on any atom is 0.261 e. The SMILES string of the molecule is O=C(Nc1ccc(S(=O)(=O)Nc2ccc(I)cc2)cc1)C(c1ccccc1)c1ccccc1. The monoisotopic (exact) mass is 568 g/mol. The van der Waals surface area contributed by atoms with Gasteiger partial charge in [0.25, 0.3) is 10.0 Å². The van der Waals surface area contributed by atoms with Crippen LogP contribution >= 0.6 is 22.6 Å². The van der Waals surface area contributed by atoms with Crippen molar-refractivity contribution >= 4 is 49.9 Å². The van der Waals surface area contributed by atoms with E-state index < -0.39 is 15.9 Å². The molecule has 0 saturated heterocycles. The highest BCUT2D eigenvalue weighted by molar-refractivity contribution is 14.1. The number of halogens is 1. The van der Waals surface area contributed by atoms with Gasteiger partial charge in [-0.05, 0) is 82.2 Å². The lowest BCUT2D eigenvalue weighted by atomic mass is 9.90. The summed E-state index contributed by atoms with van der Waals surface area (Å²) in [6.45, 7) is 0. The zero-order valence-electron chi connectivity index (χ0n) is 17.5. The Balaban J connectivity index is 1.52. The number of hydrogen-bond acceptors (Lipinski definition) is 3. The predicted octanol–water partition coefficient (Wildman–Crippen LogP) is 5.86. The van der Waals surface area contributed by atoms with Crippen LogP contribution in [0.5, 0.6) is 0 Å².